The molecule has 2 aromatic heterocycles. The first-order chi connectivity index (χ1) is 13.2. The molecule has 0 bridgehead atoms. The van der Waals surface area contributed by atoms with Crippen molar-refractivity contribution in [2.45, 2.75) is 19.8 Å². The number of nitrogens with one attached hydrogen (secondary N) is 1. The number of aryl methyl sites for hydroxylation is 1. The minimum absolute atomic E-state index is 0.0786. The van der Waals surface area contributed by atoms with Crippen LogP contribution < -0.4 is 5.32 Å². The summed E-state index contributed by atoms with van der Waals surface area (Å²) in [6, 6.07) is 14.0. The third-order valence-electron chi connectivity index (χ3n) is 4.91. The van der Waals surface area contributed by atoms with E-state index in [9.17, 15) is 4.79 Å². The summed E-state index contributed by atoms with van der Waals surface area (Å²) >= 11 is 1.63. The molecule has 1 aliphatic heterocycles. The molecule has 140 valence electrons. The lowest BCUT2D eigenvalue weighted by molar-refractivity contribution is 0.0942. The van der Waals surface area contributed by atoms with Gasteiger partial charge in [-0.2, -0.15) is 5.10 Å². The molecule has 1 aliphatic rings. The molecule has 5 nitrogen and oxygen atoms in total. The van der Waals surface area contributed by atoms with Crippen molar-refractivity contribution in [2.75, 3.05) is 26.2 Å². The Labute approximate surface area is 163 Å². The second-order valence-corrected chi connectivity index (χ2v) is 7.89. The van der Waals surface area contributed by atoms with E-state index < -0.39 is 0 Å². The van der Waals surface area contributed by atoms with Gasteiger partial charge >= 0.3 is 0 Å². The number of likely N-dealkylation sites (tertiary alicyclic amines) is 1. The third kappa shape index (κ3) is 4.12. The van der Waals surface area contributed by atoms with Crippen molar-refractivity contribution in [3.63, 3.8) is 0 Å². The van der Waals surface area contributed by atoms with E-state index in [4.69, 9.17) is 5.10 Å². The SMILES string of the molecule is Cc1ccc(-n2nc(-c3cccs3)cc2C(=O)NCCN2CCCC2)cc1. The number of hydrogen-bond donors (Lipinski definition) is 1. The summed E-state index contributed by atoms with van der Waals surface area (Å²) in [5.74, 6) is -0.0786. The van der Waals surface area contributed by atoms with Crippen LogP contribution in [0.2, 0.25) is 0 Å². The Balaban J connectivity index is 1.57. The molecule has 1 N–H and O–H groups in total. The zero-order valence-electron chi connectivity index (χ0n) is 15.5. The van der Waals surface area contributed by atoms with Gasteiger partial charge in [0.25, 0.3) is 5.91 Å². The Morgan fingerprint density at radius 2 is 1.96 bits per heavy atom. The normalized spacial score (nSPS) is 14.6. The van der Waals surface area contributed by atoms with Gasteiger partial charge in [0, 0.05) is 13.1 Å². The molecule has 0 radical (unpaired) electrons. The fourth-order valence-electron chi connectivity index (χ4n) is 3.39. The Kier molecular flexibility index (Phi) is 5.36. The monoisotopic (exact) mass is 380 g/mol. The predicted molar refractivity (Wildman–Crippen MR) is 110 cm³/mol. The van der Waals surface area contributed by atoms with Crippen molar-refractivity contribution < 1.29 is 4.79 Å². The summed E-state index contributed by atoms with van der Waals surface area (Å²) in [7, 11) is 0. The maximum absolute atomic E-state index is 12.9. The molecule has 1 saturated heterocycles. The molecular formula is C21H24N4OS. The summed E-state index contributed by atoms with van der Waals surface area (Å²) in [4.78, 5) is 16.3. The van der Waals surface area contributed by atoms with E-state index >= 15 is 0 Å². The molecule has 0 aliphatic carbocycles. The number of nitrogens with zero attached hydrogens (tertiary/aromatic N) is 3. The average Bonchev–Trinajstić information content (AvgIpc) is 3.43. The maximum Gasteiger partial charge on any atom is 0.270 e. The van der Waals surface area contributed by atoms with Crippen LogP contribution in [0.15, 0.2) is 47.8 Å². The van der Waals surface area contributed by atoms with Crippen LogP contribution in [-0.2, 0) is 0 Å². The highest BCUT2D eigenvalue weighted by Gasteiger charge is 2.18. The van der Waals surface area contributed by atoms with Gasteiger partial charge in [-0.25, -0.2) is 4.68 Å². The first-order valence-electron chi connectivity index (χ1n) is 9.42. The van der Waals surface area contributed by atoms with Crippen LogP contribution in [0.3, 0.4) is 0 Å². The Morgan fingerprint density at radius 1 is 1.19 bits per heavy atom. The van der Waals surface area contributed by atoms with Crippen molar-refractivity contribution in [1.29, 1.82) is 0 Å². The highest BCUT2D eigenvalue weighted by molar-refractivity contribution is 7.13. The van der Waals surface area contributed by atoms with E-state index in [1.54, 1.807) is 16.0 Å². The maximum atomic E-state index is 12.9. The van der Waals surface area contributed by atoms with E-state index in [1.165, 1.54) is 18.4 Å². The van der Waals surface area contributed by atoms with Crippen molar-refractivity contribution in [2.24, 2.45) is 0 Å². The van der Waals surface area contributed by atoms with Crippen LogP contribution in [0.1, 0.15) is 28.9 Å². The lowest BCUT2D eigenvalue weighted by Crippen LogP contribution is -2.34. The van der Waals surface area contributed by atoms with E-state index in [-0.39, 0.29) is 5.91 Å². The summed E-state index contributed by atoms with van der Waals surface area (Å²) in [5.41, 5.74) is 3.48. The van der Waals surface area contributed by atoms with Gasteiger partial charge in [-0.3, -0.25) is 4.79 Å². The summed E-state index contributed by atoms with van der Waals surface area (Å²) < 4.78 is 1.75. The van der Waals surface area contributed by atoms with Crippen LogP contribution in [-0.4, -0.2) is 46.8 Å². The molecule has 1 amide bonds. The highest BCUT2D eigenvalue weighted by Crippen LogP contribution is 2.26. The number of thiophene rings is 1. The van der Waals surface area contributed by atoms with Gasteiger partial charge < -0.3 is 10.2 Å². The standard InChI is InChI=1S/C21H24N4OS/c1-16-6-8-17(9-7-16)25-19(15-18(23-25)20-5-4-14-27-20)21(26)22-10-13-24-11-2-3-12-24/h4-9,14-15H,2-3,10-13H2,1H3,(H,22,26). The zero-order chi connectivity index (χ0) is 18.6. The van der Waals surface area contributed by atoms with Crippen molar-refractivity contribution >= 4 is 17.2 Å². The molecule has 3 aromatic rings. The van der Waals surface area contributed by atoms with Crippen LogP contribution in [0.25, 0.3) is 16.3 Å². The topological polar surface area (TPSA) is 50.2 Å². The molecule has 1 aromatic carbocycles. The molecule has 0 spiro atoms. The molecule has 3 heterocycles. The number of hydrogen-bond acceptors (Lipinski definition) is 4. The van der Waals surface area contributed by atoms with Gasteiger partial charge in [0.15, 0.2) is 0 Å². The van der Waals surface area contributed by atoms with E-state index in [0.29, 0.717) is 12.2 Å². The molecule has 6 heteroatoms. The number of rotatable bonds is 6. The number of carbonyl (C=O) groups excluding carboxylic acids is 1. The second kappa shape index (κ2) is 8.06. The van der Waals surface area contributed by atoms with E-state index in [1.807, 2.05) is 47.8 Å². The van der Waals surface area contributed by atoms with Gasteiger partial charge in [0.05, 0.1) is 10.6 Å². The van der Waals surface area contributed by atoms with Crippen LogP contribution in [0, 0.1) is 6.92 Å². The smallest absolute Gasteiger partial charge is 0.270 e. The Hall–Kier alpha value is -2.44. The summed E-state index contributed by atoms with van der Waals surface area (Å²) in [6.45, 7) is 5.89. The molecule has 0 unspecified atom stereocenters. The Bertz CT molecular complexity index is 893. The average molecular weight is 381 g/mol. The first kappa shape index (κ1) is 17.9. The quantitative estimate of drug-likeness (QED) is 0.709. The summed E-state index contributed by atoms with van der Waals surface area (Å²) in [5, 5.41) is 9.81. The van der Waals surface area contributed by atoms with Crippen molar-refractivity contribution in [1.82, 2.24) is 20.0 Å². The van der Waals surface area contributed by atoms with Crippen molar-refractivity contribution in [3.8, 4) is 16.3 Å². The van der Waals surface area contributed by atoms with Crippen LogP contribution in [0.4, 0.5) is 0 Å². The van der Waals surface area contributed by atoms with Crippen molar-refractivity contribution in [3.05, 3.63) is 59.1 Å². The fraction of sp³-hybridized carbons (Fsp3) is 0.333. The lowest BCUT2D eigenvalue weighted by Gasteiger charge is -2.15. The van der Waals surface area contributed by atoms with Gasteiger partial charge in [-0.1, -0.05) is 23.8 Å². The predicted octanol–water partition coefficient (Wildman–Crippen LogP) is 3.73. The first-order valence-corrected chi connectivity index (χ1v) is 10.3. The van der Waals surface area contributed by atoms with Crippen LogP contribution in [0.5, 0.6) is 0 Å². The van der Waals surface area contributed by atoms with Gasteiger partial charge in [0.1, 0.15) is 11.4 Å². The third-order valence-corrected chi connectivity index (χ3v) is 5.80. The highest BCUT2D eigenvalue weighted by atomic mass is 32.1. The zero-order valence-corrected chi connectivity index (χ0v) is 16.3. The molecule has 1 fully saturated rings. The molecule has 4 rings (SSSR count). The number of benzene rings is 1. The molecular weight excluding hydrogens is 356 g/mol. The minimum Gasteiger partial charge on any atom is -0.349 e. The molecule has 27 heavy (non-hydrogen) atoms. The van der Waals surface area contributed by atoms with Gasteiger partial charge in [-0.05, 0) is 62.5 Å². The molecule has 0 atom stereocenters. The number of carbonyl (C=O) groups is 1. The van der Waals surface area contributed by atoms with Crippen LogP contribution >= 0.6 is 11.3 Å². The van der Waals surface area contributed by atoms with E-state index in [2.05, 4.69) is 17.1 Å². The largest absolute Gasteiger partial charge is 0.349 e. The minimum atomic E-state index is -0.0786. The van der Waals surface area contributed by atoms with Gasteiger partial charge in [0.2, 0.25) is 0 Å². The number of amides is 1. The van der Waals surface area contributed by atoms with E-state index in [0.717, 1.165) is 35.9 Å². The lowest BCUT2D eigenvalue weighted by atomic mass is 10.2. The Morgan fingerprint density at radius 3 is 2.67 bits per heavy atom. The number of aromatic nitrogens is 2. The molecule has 0 saturated carbocycles. The summed E-state index contributed by atoms with van der Waals surface area (Å²) in [6.07, 6.45) is 2.52. The second-order valence-electron chi connectivity index (χ2n) is 6.94. The van der Waals surface area contributed by atoms with Gasteiger partial charge in [-0.15, -0.1) is 11.3 Å². The fourth-order valence-corrected chi connectivity index (χ4v) is 4.08.